The van der Waals surface area contributed by atoms with Crippen molar-refractivity contribution in [3.63, 3.8) is 0 Å². The van der Waals surface area contributed by atoms with E-state index in [0.717, 1.165) is 29.0 Å². The Labute approximate surface area is 275 Å². The van der Waals surface area contributed by atoms with Crippen LogP contribution < -0.4 is 5.32 Å². The zero-order valence-corrected chi connectivity index (χ0v) is 27.9. The highest BCUT2D eigenvalue weighted by Gasteiger charge is 2.50. The second kappa shape index (κ2) is 14.5. The van der Waals surface area contributed by atoms with E-state index in [1.807, 2.05) is 49.3 Å². The largest absolute Gasteiger partial charge is 0.399 e. The van der Waals surface area contributed by atoms with Crippen molar-refractivity contribution in [2.75, 3.05) is 46.9 Å². The van der Waals surface area contributed by atoms with E-state index in [4.69, 9.17) is 14.5 Å². The summed E-state index contributed by atoms with van der Waals surface area (Å²) in [6.07, 6.45) is 1.79. The van der Waals surface area contributed by atoms with E-state index in [1.54, 1.807) is 9.80 Å². The molecular weight excluding hydrogens is 653 g/mol. The van der Waals surface area contributed by atoms with Crippen LogP contribution in [0.5, 0.6) is 0 Å². The van der Waals surface area contributed by atoms with Crippen LogP contribution in [0.2, 0.25) is 0 Å². The van der Waals surface area contributed by atoms with Crippen LogP contribution in [-0.4, -0.2) is 101 Å². The Bertz CT molecular complexity index is 1650. The van der Waals surface area contributed by atoms with Gasteiger partial charge in [-0.3, -0.25) is 18.9 Å². The summed E-state index contributed by atoms with van der Waals surface area (Å²) < 4.78 is 46.4. The Balaban J connectivity index is 1.32. The number of thiophene rings is 1. The van der Waals surface area contributed by atoms with Crippen LogP contribution in [0.3, 0.4) is 0 Å². The number of benzene rings is 2. The molecular formula is C32H39F2N4O7PS. The second-order valence-electron chi connectivity index (χ2n) is 12.2. The Morgan fingerprint density at radius 1 is 1.13 bits per heavy atom. The maximum Gasteiger partial charge on any atom is 0.399 e. The molecule has 0 radical (unpaired) electrons. The van der Waals surface area contributed by atoms with Crippen LogP contribution in [0.4, 0.5) is 8.78 Å². The van der Waals surface area contributed by atoms with Crippen molar-refractivity contribution in [2.24, 2.45) is 0 Å². The Morgan fingerprint density at radius 2 is 1.87 bits per heavy atom. The van der Waals surface area contributed by atoms with Crippen molar-refractivity contribution in [3.05, 3.63) is 70.6 Å². The molecule has 2 aliphatic rings. The summed E-state index contributed by atoms with van der Waals surface area (Å²) in [6.45, 7) is 2.20. The highest BCUT2D eigenvalue weighted by Crippen LogP contribution is 2.59. The van der Waals surface area contributed by atoms with Gasteiger partial charge >= 0.3 is 13.3 Å². The number of alkyl halides is 2. The lowest BCUT2D eigenvalue weighted by molar-refractivity contribution is -0.149. The molecule has 0 unspecified atom stereocenters. The fourth-order valence-corrected chi connectivity index (χ4v) is 7.45. The lowest BCUT2D eigenvalue weighted by atomic mass is 10.1. The monoisotopic (exact) mass is 692 g/mol. The summed E-state index contributed by atoms with van der Waals surface area (Å²) in [5, 5.41) is 3.04. The number of halogens is 2. The normalized spacial score (nSPS) is 19.7. The molecule has 5 rings (SSSR count). The molecule has 0 aliphatic carbocycles. The maximum absolute atomic E-state index is 14.3. The van der Waals surface area contributed by atoms with Gasteiger partial charge in [0.2, 0.25) is 11.8 Å². The minimum absolute atomic E-state index is 0.147. The van der Waals surface area contributed by atoms with Gasteiger partial charge in [-0.05, 0) is 75.5 Å². The highest BCUT2D eigenvalue weighted by molar-refractivity contribution is 7.52. The number of likely N-dealkylation sites (tertiary alicyclic amines) is 1. The first-order valence-corrected chi connectivity index (χ1v) is 17.9. The summed E-state index contributed by atoms with van der Waals surface area (Å²) in [6, 6.07) is 12.6. The fraction of sp³-hybridized carbons (Fsp3) is 0.469. The van der Waals surface area contributed by atoms with E-state index >= 15 is 0 Å². The molecule has 0 saturated carbocycles. The Hall–Kier alpha value is -3.26. The molecule has 2 aromatic carbocycles. The third-order valence-corrected chi connectivity index (χ3v) is 10.6. The number of fused-ring (bicyclic) bond motifs is 1. The lowest BCUT2D eigenvalue weighted by Crippen LogP contribution is -2.55. The smallest absolute Gasteiger partial charge is 0.370 e. The summed E-state index contributed by atoms with van der Waals surface area (Å²) in [5.74, 6) is -1.09. The van der Waals surface area contributed by atoms with Gasteiger partial charge in [0.1, 0.15) is 18.2 Å². The third kappa shape index (κ3) is 7.90. The summed E-state index contributed by atoms with van der Waals surface area (Å²) in [7, 11) is -1.97. The number of morpholine rings is 1. The van der Waals surface area contributed by atoms with Gasteiger partial charge in [0.25, 0.3) is 5.91 Å². The minimum atomic E-state index is -5.77. The van der Waals surface area contributed by atoms with E-state index in [2.05, 4.69) is 5.32 Å². The van der Waals surface area contributed by atoms with Gasteiger partial charge in [-0.2, -0.15) is 8.78 Å². The van der Waals surface area contributed by atoms with Gasteiger partial charge in [0.15, 0.2) is 0 Å². The summed E-state index contributed by atoms with van der Waals surface area (Å²) in [4.78, 5) is 65.0. The van der Waals surface area contributed by atoms with Crippen molar-refractivity contribution >= 4 is 46.7 Å². The van der Waals surface area contributed by atoms with E-state index in [-0.39, 0.29) is 28.2 Å². The second-order valence-corrected chi connectivity index (χ2v) is 14.9. The number of amides is 3. The molecule has 11 nitrogen and oxygen atoms in total. The molecule has 2 saturated heterocycles. The predicted molar refractivity (Wildman–Crippen MR) is 173 cm³/mol. The third-order valence-electron chi connectivity index (χ3n) is 8.53. The van der Waals surface area contributed by atoms with Crippen molar-refractivity contribution < 1.29 is 42.3 Å². The molecule has 3 atom stereocenters. The predicted octanol–water partition coefficient (Wildman–Crippen LogP) is 4.16. The first-order valence-electron chi connectivity index (χ1n) is 15.4. The fourth-order valence-electron chi connectivity index (χ4n) is 6.03. The molecule has 2 aliphatic heterocycles. The van der Waals surface area contributed by atoms with E-state index < -0.39 is 36.8 Å². The average Bonchev–Trinajstić information content (AvgIpc) is 3.71. The molecule has 1 aromatic heterocycles. The first-order chi connectivity index (χ1) is 22.3. The van der Waals surface area contributed by atoms with Crippen molar-refractivity contribution in [1.29, 1.82) is 0 Å². The minimum Gasteiger partial charge on any atom is -0.370 e. The summed E-state index contributed by atoms with van der Waals surface area (Å²) >= 11 is 1.01. The summed E-state index contributed by atoms with van der Waals surface area (Å²) in [5.41, 5.74) is -4.27. The topological polar surface area (TPSA) is 140 Å². The van der Waals surface area contributed by atoms with Crippen LogP contribution in [0.15, 0.2) is 54.6 Å². The molecule has 254 valence electrons. The van der Waals surface area contributed by atoms with Gasteiger partial charge < -0.3 is 34.5 Å². The molecule has 3 N–H and O–H groups in total. The van der Waals surface area contributed by atoms with Crippen molar-refractivity contribution in [1.82, 2.24) is 20.0 Å². The van der Waals surface area contributed by atoms with Gasteiger partial charge in [-0.1, -0.05) is 36.4 Å². The van der Waals surface area contributed by atoms with E-state index in [9.17, 15) is 27.7 Å². The van der Waals surface area contributed by atoms with Gasteiger partial charge in [-0.15, -0.1) is 11.3 Å². The van der Waals surface area contributed by atoms with Gasteiger partial charge in [-0.25, -0.2) is 0 Å². The van der Waals surface area contributed by atoms with Crippen LogP contribution in [0.1, 0.15) is 52.6 Å². The van der Waals surface area contributed by atoms with Gasteiger partial charge in [0.05, 0.1) is 18.0 Å². The number of ether oxygens (including phenoxy) is 1. The molecule has 2 fully saturated rings. The number of carbonyl (C=O) groups excluding carboxylic acids is 3. The Kier molecular flexibility index (Phi) is 10.8. The zero-order valence-electron chi connectivity index (χ0n) is 26.2. The maximum atomic E-state index is 14.3. The zero-order chi connectivity index (χ0) is 33.9. The van der Waals surface area contributed by atoms with Crippen molar-refractivity contribution in [2.45, 2.75) is 49.5 Å². The number of nitrogens with one attached hydrogen (secondary N) is 1. The molecule has 15 heteroatoms. The number of carbonyl (C=O) groups is 3. The van der Waals surface area contributed by atoms with E-state index in [1.165, 1.54) is 12.1 Å². The number of nitrogens with zero attached hydrogens (tertiary/aromatic N) is 3. The molecule has 0 spiro atoms. The van der Waals surface area contributed by atoms with Crippen LogP contribution in [-0.2, 0) is 24.6 Å². The SMILES string of the molecule is CN(C)CCC[C@H](NC(=O)c1cc2cc(C(F)(F)P(=O)(O)O)ccc2s1)C(=O)N1CCC[C@H]1C(=O)N1CCO[C@H](c2ccccc2)C1. The number of hydrogen-bond acceptors (Lipinski definition) is 7. The molecule has 47 heavy (non-hydrogen) atoms. The van der Waals surface area contributed by atoms with Crippen LogP contribution in [0.25, 0.3) is 10.1 Å². The number of hydrogen-bond donors (Lipinski definition) is 3. The Morgan fingerprint density at radius 3 is 2.57 bits per heavy atom. The van der Waals surface area contributed by atoms with Gasteiger partial charge in [0, 0.05) is 23.4 Å². The molecule has 3 heterocycles. The number of rotatable bonds is 11. The molecule has 0 bridgehead atoms. The molecule has 3 aromatic rings. The van der Waals surface area contributed by atoms with E-state index in [0.29, 0.717) is 63.2 Å². The van der Waals surface area contributed by atoms with Crippen molar-refractivity contribution in [3.8, 4) is 0 Å². The quantitative estimate of drug-likeness (QED) is 0.255. The van der Waals surface area contributed by atoms with Crippen LogP contribution in [0, 0.1) is 0 Å². The lowest BCUT2D eigenvalue weighted by Gasteiger charge is -2.37. The average molecular weight is 693 g/mol. The highest BCUT2D eigenvalue weighted by atomic mass is 32.1. The standard InChI is InChI=1S/C32H39F2N4O7PS/c1-36(2)14-6-10-24(35-29(39)28-19-22-18-23(12-13-27(22)47-28)32(33,34)46(42,43)44)30(40)38-15-7-11-25(38)31(41)37-16-17-45-26(20-37)21-8-4-3-5-9-21/h3-5,8-9,12-13,18-19,24-26H,6-7,10-11,14-17,20H2,1-2H3,(H,35,39)(H2,42,43,44)/t24-,25-,26-/m0/s1. The van der Waals surface area contributed by atoms with Crippen LogP contribution >= 0.6 is 18.9 Å². The first kappa shape index (κ1) is 35.1. The molecule has 3 amide bonds.